The number of nitrogens with zero attached hydrogens (tertiary/aromatic N) is 1. The van der Waals surface area contributed by atoms with Gasteiger partial charge in [-0.3, -0.25) is 0 Å². The van der Waals surface area contributed by atoms with Crippen molar-refractivity contribution >= 4 is 33.2 Å². The van der Waals surface area contributed by atoms with E-state index in [4.69, 9.17) is 18.2 Å². The molecular formula is C8H5BrClN. The summed E-state index contributed by atoms with van der Waals surface area (Å²) in [5, 5.41) is 0.500. The van der Waals surface area contributed by atoms with Crippen LogP contribution in [0.1, 0.15) is 5.56 Å². The van der Waals surface area contributed by atoms with Gasteiger partial charge in [-0.2, -0.15) is 0 Å². The molecule has 0 bridgehead atoms. The van der Waals surface area contributed by atoms with E-state index in [1.807, 2.05) is 19.1 Å². The van der Waals surface area contributed by atoms with E-state index in [-0.39, 0.29) is 0 Å². The zero-order valence-electron chi connectivity index (χ0n) is 5.86. The zero-order valence-corrected chi connectivity index (χ0v) is 8.20. The van der Waals surface area contributed by atoms with Gasteiger partial charge in [-0.25, -0.2) is 4.85 Å². The van der Waals surface area contributed by atoms with Gasteiger partial charge in [-0.05, 0) is 18.6 Å². The van der Waals surface area contributed by atoms with E-state index in [0.29, 0.717) is 10.7 Å². The second-order valence-corrected chi connectivity index (χ2v) is 3.37. The second kappa shape index (κ2) is 3.25. The highest BCUT2D eigenvalue weighted by Gasteiger charge is 2.06. The van der Waals surface area contributed by atoms with Crippen LogP contribution in [0.3, 0.4) is 0 Å². The van der Waals surface area contributed by atoms with Crippen LogP contribution in [0.15, 0.2) is 16.6 Å². The van der Waals surface area contributed by atoms with Crippen molar-refractivity contribution in [1.82, 2.24) is 0 Å². The fourth-order valence-electron chi connectivity index (χ4n) is 0.774. The third-order valence-corrected chi connectivity index (χ3v) is 2.65. The molecule has 0 aliphatic heterocycles. The van der Waals surface area contributed by atoms with Gasteiger partial charge in [-0.15, -0.1) is 0 Å². The second-order valence-electron chi connectivity index (χ2n) is 2.14. The molecule has 0 N–H and O–H groups in total. The first kappa shape index (κ1) is 8.58. The van der Waals surface area contributed by atoms with Crippen LogP contribution in [0.2, 0.25) is 5.02 Å². The van der Waals surface area contributed by atoms with Gasteiger partial charge in [0.25, 0.3) is 0 Å². The summed E-state index contributed by atoms with van der Waals surface area (Å²) < 4.78 is 0.774. The summed E-state index contributed by atoms with van der Waals surface area (Å²) in [6.45, 7) is 8.71. The molecule has 0 heterocycles. The first-order chi connectivity index (χ1) is 5.16. The van der Waals surface area contributed by atoms with Crippen molar-refractivity contribution in [2.45, 2.75) is 6.92 Å². The fraction of sp³-hybridized carbons (Fsp3) is 0.125. The summed E-state index contributed by atoms with van der Waals surface area (Å²) in [5.74, 6) is 0. The summed E-state index contributed by atoms with van der Waals surface area (Å²) >= 11 is 9.08. The minimum Gasteiger partial charge on any atom is -0.236 e. The molecule has 0 aromatic heterocycles. The van der Waals surface area contributed by atoms with Gasteiger partial charge in [0.2, 0.25) is 5.69 Å². The Kier molecular flexibility index (Phi) is 2.53. The standard InChI is InChI=1S/C8H5BrClN/c1-5-3-4-6(9)7(10)8(5)11-2/h3-4H,1H3. The SMILES string of the molecule is [C-]#[N+]c1c(C)ccc(Br)c1Cl. The van der Waals surface area contributed by atoms with Gasteiger partial charge in [-0.1, -0.05) is 33.6 Å². The van der Waals surface area contributed by atoms with Crippen molar-refractivity contribution in [2.24, 2.45) is 0 Å². The van der Waals surface area contributed by atoms with Crippen molar-refractivity contribution < 1.29 is 0 Å². The van der Waals surface area contributed by atoms with E-state index in [1.165, 1.54) is 0 Å². The molecule has 1 aromatic rings. The molecule has 0 unspecified atom stereocenters. The normalized spacial score (nSPS) is 9.27. The first-order valence-electron chi connectivity index (χ1n) is 2.99. The summed E-state index contributed by atoms with van der Waals surface area (Å²) in [5.41, 5.74) is 1.44. The molecule has 3 heteroatoms. The Morgan fingerprint density at radius 3 is 2.64 bits per heavy atom. The number of aryl methyl sites for hydroxylation is 1. The first-order valence-corrected chi connectivity index (χ1v) is 4.16. The molecule has 0 amide bonds. The fourth-order valence-corrected chi connectivity index (χ4v) is 1.35. The van der Waals surface area contributed by atoms with Crippen LogP contribution in [-0.4, -0.2) is 0 Å². The van der Waals surface area contributed by atoms with E-state index < -0.39 is 0 Å². The van der Waals surface area contributed by atoms with E-state index in [2.05, 4.69) is 20.8 Å². The van der Waals surface area contributed by atoms with Crippen molar-refractivity contribution in [1.29, 1.82) is 0 Å². The van der Waals surface area contributed by atoms with Crippen molar-refractivity contribution in [2.75, 3.05) is 0 Å². The van der Waals surface area contributed by atoms with Crippen molar-refractivity contribution in [3.05, 3.63) is 38.6 Å². The van der Waals surface area contributed by atoms with Crippen LogP contribution in [0.25, 0.3) is 4.85 Å². The van der Waals surface area contributed by atoms with Gasteiger partial charge in [0.1, 0.15) is 0 Å². The monoisotopic (exact) mass is 229 g/mol. The third-order valence-electron chi connectivity index (χ3n) is 1.38. The Balaban J connectivity index is 3.44. The summed E-state index contributed by atoms with van der Waals surface area (Å²) in [7, 11) is 0. The number of rotatable bonds is 0. The molecule has 56 valence electrons. The van der Waals surface area contributed by atoms with Gasteiger partial charge in [0, 0.05) is 4.47 Å². The highest BCUT2D eigenvalue weighted by Crippen LogP contribution is 2.34. The molecule has 0 atom stereocenters. The number of halogens is 2. The molecular weight excluding hydrogens is 225 g/mol. The molecule has 1 aromatic carbocycles. The summed E-state index contributed by atoms with van der Waals surface area (Å²) in [6.07, 6.45) is 0. The molecule has 1 nitrogen and oxygen atoms in total. The molecule has 0 saturated carbocycles. The largest absolute Gasteiger partial charge is 0.236 e. The lowest BCUT2D eigenvalue weighted by molar-refractivity contribution is 1.47. The van der Waals surface area contributed by atoms with Crippen molar-refractivity contribution in [3.8, 4) is 0 Å². The molecule has 0 radical (unpaired) electrons. The van der Waals surface area contributed by atoms with Gasteiger partial charge < -0.3 is 0 Å². The van der Waals surface area contributed by atoms with E-state index in [1.54, 1.807) is 0 Å². The van der Waals surface area contributed by atoms with E-state index in [0.717, 1.165) is 10.0 Å². The van der Waals surface area contributed by atoms with E-state index >= 15 is 0 Å². The molecule has 0 spiro atoms. The Labute approximate surface area is 78.9 Å². The van der Waals surface area contributed by atoms with Crippen LogP contribution >= 0.6 is 27.5 Å². The number of hydrogen-bond donors (Lipinski definition) is 0. The maximum Gasteiger partial charge on any atom is 0.209 e. The van der Waals surface area contributed by atoms with Crippen molar-refractivity contribution in [3.63, 3.8) is 0 Å². The van der Waals surface area contributed by atoms with Gasteiger partial charge >= 0.3 is 0 Å². The van der Waals surface area contributed by atoms with Gasteiger partial charge in [0.05, 0.1) is 11.6 Å². The lowest BCUT2D eigenvalue weighted by Gasteiger charge is -2.00. The van der Waals surface area contributed by atoms with Crippen LogP contribution < -0.4 is 0 Å². The topological polar surface area (TPSA) is 4.36 Å². The molecule has 11 heavy (non-hydrogen) atoms. The minimum atomic E-state index is 0.500. The molecule has 0 aliphatic rings. The highest BCUT2D eigenvalue weighted by atomic mass is 79.9. The van der Waals surface area contributed by atoms with E-state index in [9.17, 15) is 0 Å². The summed E-state index contributed by atoms with van der Waals surface area (Å²) in [6, 6.07) is 3.70. The molecule has 0 saturated heterocycles. The number of benzene rings is 1. The Bertz CT molecular complexity index is 328. The quantitative estimate of drug-likeness (QED) is 0.594. The predicted molar refractivity (Wildman–Crippen MR) is 50.2 cm³/mol. The van der Waals surface area contributed by atoms with Gasteiger partial charge in [0.15, 0.2) is 0 Å². The third kappa shape index (κ3) is 1.55. The molecule has 1 rings (SSSR count). The predicted octanol–water partition coefficient (Wildman–Crippen LogP) is 3.96. The van der Waals surface area contributed by atoms with Crippen LogP contribution in [-0.2, 0) is 0 Å². The molecule has 0 fully saturated rings. The average Bonchev–Trinajstić information content (AvgIpc) is 1.99. The van der Waals surface area contributed by atoms with Crippen LogP contribution in [0.5, 0.6) is 0 Å². The lowest BCUT2D eigenvalue weighted by Crippen LogP contribution is -1.75. The van der Waals surface area contributed by atoms with Crippen LogP contribution in [0, 0.1) is 13.5 Å². The Morgan fingerprint density at radius 2 is 2.18 bits per heavy atom. The number of hydrogen-bond acceptors (Lipinski definition) is 0. The smallest absolute Gasteiger partial charge is 0.209 e. The maximum atomic E-state index is 6.84. The Morgan fingerprint density at radius 1 is 1.55 bits per heavy atom. The summed E-state index contributed by atoms with van der Waals surface area (Å²) in [4.78, 5) is 3.32. The van der Waals surface area contributed by atoms with Crippen LogP contribution in [0.4, 0.5) is 5.69 Å². The molecule has 0 aliphatic carbocycles. The maximum absolute atomic E-state index is 6.84. The average molecular weight is 230 g/mol. The minimum absolute atomic E-state index is 0.500. The zero-order chi connectivity index (χ0) is 8.43. The Hall–Kier alpha value is -0.520. The highest BCUT2D eigenvalue weighted by molar-refractivity contribution is 9.10. The lowest BCUT2D eigenvalue weighted by atomic mass is 10.2.